The minimum absolute atomic E-state index is 0.482. The predicted molar refractivity (Wildman–Crippen MR) is 114 cm³/mol. The largest absolute Gasteiger partial charge is 0.379 e. The summed E-state index contributed by atoms with van der Waals surface area (Å²) in [4.78, 5) is 28.4. The molecule has 0 atom stereocenters. The van der Waals surface area contributed by atoms with Gasteiger partial charge in [0.05, 0.1) is 13.2 Å². The molecule has 1 aromatic carbocycles. The van der Waals surface area contributed by atoms with E-state index in [0.29, 0.717) is 13.1 Å². The molecule has 2 aliphatic rings. The number of nitrogens with one attached hydrogen (secondary N) is 2. The topological polar surface area (TPSA) is 73.9 Å². The smallest absolute Gasteiger partial charge is 0.309 e. The summed E-state index contributed by atoms with van der Waals surface area (Å²) in [6.45, 7) is 7.25. The molecule has 29 heavy (non-hydrogen) atoms. The van der Waals surface area contributed by atoms with Crippen LogP contribution in [0.3, 0.4) is 0 Å². The molecule has 0 spiro atoms. The fraction of sp³-hybridized carbons (Fsp3) is 0.636. The van der Waals surface area contributed by atoms with Gasteiger partial charge in [0, 0.05) is 51.5 Å². The summed E-state index contributed by atoms with van der Waals surface area (Å²) in [5.74, 6) is -1.10. The summed E-state index contributed by atoms with van der Waals surface area (Å²) < 4.78 is 5.29. The van der Waals surface area contributed by atoms with Crippen LogP contribution in [0.4, 0.5) is 5.69 Å². The van der Waals surface area contributed by atoms with Gasteiger partial charge in [-0.3, -0.25) is 14.5 Å². The summed E-state index contributed by atoms with van der Waals surface area (Å²) in [5.41, 5.74) is 2.56. The number of aryl methyl sites for hydroxylation is 1. The fourth-order valence-corrected chi connectivity index (χ4v) is 3.83. The van der Waals surface area contributed by atoms with E-state index in [1.807, 2.05) is 0 Å². The molecule has 2 fully saturated rings. The summed E-state index contributed by atoms with van der Waals surface area (Å²) in [5, 5.41) is 5.40. The third kappa shape index (κ3) is 7.33. The molecule has 7 nitrogen and oxygen atoms in total. The van der Waals surface area contributed by atoms with Crippen LogP contribution < -0.4 is 15.5 Å². The van der Waals surface area contributed by atoms with Crippen LogP contribution in [-0.4, -0.2) is 75.7 Å². The molecule has 2 saturated heterocycles. The maximum Gasteiger partial charge on any atom is 0.309 e. The number of carbonyl (C=O) groups is 2. The van der Waals surface area contributed by atoms with E-state index in [4.69, 9.17) is 4.74 Å². The highest BCUT2D eigenvalue weighted by Crippen LogP contribution is 2.20. The molecule has 2 N–H and O–H groups in total. The van der Waals surface area contributed by atoms with Crippen LogP contribution >= 0.6 is 0 Å². The number of anilines is 1. The Hall–Kier alpha value is -2.12. The van der Waals surface area contributed by atoms with Crippen LogP contribution in [0.1, 0.15) is 31.2 Å². The number of piperidine rings is 1. The summed E-state index contributed by atoms with van der Waals surface area (Å²) in [6, 6.07) is 8.73. The van der Waals surface area contributed by atoms with Gasteiger partial charge >= 0.3 is 11.8 Å². The van der Waals surface area contributed by atoms with Gasteiger partial charge in [0.1, 0.15) is 0 Å². The Bertz CT molecular complexity index is 638. The van der Waals surface area contributed by atoms with E-state index in [1.54, 1.807) is 0 Å². The second-order valence-electron chi connectivity index (χ2n) is 7.78. The van der Waals surface area contributed by atoms with Gasteiger partial charge < -0.3 is 20.3 Å². The maximum atomic E-state index is 11.9. The van der Waals surface area contributed by atoms with Gasteiger partial charge in [-0.1, -0.05) is 12.1 Å². The molecule has 2 aliphatic heterocycles. The van der Waals surface area contributed by atoms with E-state index in [-0.39, 0.29) is 0 Å². The van der Waals surface area contributed by atoms with Crippen molar-refractivity contribution in [2.24, 2.45) is 0 Å². The average Bonchev–Trinajstić information content (AvgIpc) is 2.78. The van der Waals surface area contributed by atoms with Crippen molar-refractivity contribution in [2.45, 2.75) is 32.1 Å². The van der Waals surface area contributed by atoms with Crippen LogP contribution in [0.15, 0.2) is 24.3 Å². The molecule has 1 aromatic rings. The number of rotatable bonds is 8. The van der Waals surface area contributed by atoms with Crippen molar-refractivity contribution in [3.63, 3.8) is 0 Å². The standard InChI is InChI=1S/C22H34N4O3/c27-21(22(28)24-11-14-25-15-17-29-18-16-25)23-10-4-5-19-6-8-20(9-7-19)26-12-2-1-3-13-26/h6-9H,1-5,10-18H2,(H,23,27)(H,24,28). The number of amides is 2. The van der Waals surface area contributed by atoms with Crippen LogP contribution in [-0.2, 0) is 20.7 Å². The molecule has 0 aliphatic carbocycles. The molecule has 0 radical (unpaired) electrons. The minimum Gasteiger partial charge on any atom is -0.379 e. The van der Waals surface area contributed by atoms with Gasteiger partial charge in [-0.05, 0) is 49.8 Å². The third-order valence-electron chi connectivity index (χ3n) is 5.61. The maximum absolute atomic E-state index is 11.9. The Labute approximate surface area is 173 Å². The van der Waals surface area contributed by atoms with Crippen molar-refractivity contribution in [1.82, 2.24) is 15.5 Å². The van der Waals surface area contributed by atoms with Crippen molar-refractivity contribution in [3.8, 4) is 0 Å². The lowest BCUT2D eigenvalue weighted by molar-refractivity contribution is -0.139. The van der Waals surface area contributed by atoms with Gasteiger partial charge in [0.25, 0.3) is 0 Å². The first-order valence-corrected chi connectivity index (χ1v) is 10.9. The summed E-state index contributed by atoms with van der Waals surface area (Å²) in [7, 11) is 0. The second-order valence-corrected chi connectivity index (χ2v) is 7.78. The van der Waals surface area contributed by atoms with Crippen molar-refractivity contribution in [2.75, 3.05) is 63.9 Å². The summed E-state index contributed by atoms with van der Waals surface area (Å²) >= 11 is 0. The molecule has 7 heteroatoms. The second kappa shape index (κ2) is 11.8. The molecule has 0 saturated carbocycles. The van der Waals surface area contributed by atoms with Crippen molar-refractivity contribution in [1.29, 1.82) is 0 Å². The van der Waals surface area contributed by atoms with Crippen molar-refractivity contribution >= 4 is 17.5 Å². The molecule has 2 amide bonds. The number of hydrogen-bond donors (Lipinski definition) is 2. The zero-order valence-corrected chi connectivity index (χ0v) is 17.3. The van der Waals surface area contributed by atoms with Crippen molar-refractivity contribution in [3.05, 3.63) is 29.8 Å². The Morgan fingerprint density at radius 1 is 0.862 bits per heavy atom. The van der Waals surface area contributed by atoms with Crippen LogP contribution in [0.2, 0.25) is 0 Å². The first kappa shape index (κ1) is 21.6. The molecule has 0 bridgehead atoms. The molecule has 2 heterocycles. The van der Waals surface area contributed by atoms with E-state index in [9.17, 15) is 9.59 Å². The number of carbonyl (C=O) groups excluding carboxylic acids is 2. The Balaban J connectivity index is 1.27. The lowest BCUT2D eigenvalue weighted by Crippen LogP contribution is -2.45. The molecule has 3 rings (SSSR count). The van der Waals surface area contributed by atoms with E-state index in [2.05, 4.69) is 44.7 Å². The average molecular weight is 403 g/mol. The Kier molecular flexibility index (Phi) is 8.77. The Morgan fingerprint density at radius 2 is 1.52 bits per heavy atom. The van der Waals surface area contributed by atoms with Gasteiger partial charge in [-0.15, -0.1) is 0 Å². The monoisotopic (exact) mass is 402 g/mol. The zero-order chi connectivity index (χ0) is 20.3. The van der Waals surface area contributed by atoms with Gasteiger partial charge in [-0.25, -0.2) is 0 Å². The predicted octanol–water partition coefficient (Wildman–Crippen LogP) is 1.17. The van der Waals surface area contributed by atoms with E-state index < -0.39 is 11.8 Å². The number of nitrogens with zero attached hydrogens (tertiary/aromatic N) is 2. The van der Waals surface area contributed by atoms with Crippen LogP contribution in [0, 0.1) is 0 Å². The first-order chi connectivity index (χ1) is 14.2. The highest BCUT2D eigenvalue weighted by molar-refractivity contribution is 6.35. The van der Waals surface area contributed by atoms with Crippen molar-refractivity contribution < 1.29 is 14.3 Å². The molecular formula is C22H34N4O3. The molecule has 160 valence electrons. The highest BCUT2D eigenvalue weighted by Gasteiger charge is 2.14. The van der Waals surface area contributed by atoms with Gasteiger partial charge in [0.15, 0.2) is 0 Å². The summed E-state index contributed by atoms with van der Waals surface area (Å²) in [6.07, 6.45) is 5.60. The lowest BCUT2D eigenvalue weighted by Gasteiger charge is -2.28. The number of hydrogen-bond acceptors (Lipinski definition) is 5. The quantitative estimate of drug-likeness (QED) is 0.505. The van der Waals surface area contributed by atoms with E-state index in [0.717, 1.165) is 58.8 Å². The molecule has 0 aromatic heterocycles. The molecule has 0 unspecified atom stereocenters. The van der Waals surface area contributed by atoms with Crippen LogP contribution in [0.5, 0.6) is 0 Å². The van der Waals surface area contributed by atoms with E-state index in [1.165, 1.54) is 30.5 Å². The first-order valence-electron chi connectivity index (χ1n) is 10.9. The zero-order valence-electron chi connectivity index (χ0n) is 17.3. The van der Waals surface area contributed by atoms with Crippen LogP contribution in [0.25, 0.3) is 0 Å². The minimum atomic E-state index is -0.552. The van der Waals surface area contributed by atoms with E-state index >= 15 is 0 Å². The number of morpholine rings is 1. The number of benzene rings is 1. The van der Waals surface area contributed by atoms with Gasteiger partial charge in [0.2, 0.25) is 0 Å². The molecular weight excluding hydrogens is 368 g/mol. The Morgan fingerprint density at radius 3 is 2.21 bits per heavy atom. The highest BCUT2D eigenvalue weighted by atomic mass is 16.5. The van der Waals surface area contributed by atoms with Gasteiger partial charge in [-0.2, -0.15) is 0 Å². The third-order valence-corrected chi connectivity index (χ3v) is 5.61. The lowest BCUT2D eigenvalue weighted by atomic mass is 10.1. The fourth-order valence-electron chi connectivity index (χ4n) is 3.83. The number of ether oxygens (including phenoxy) is 1. The normalized spacial score (nSPS) is 17.7. The SMILES string of the molecule is O=C(NCCCc1ccc(N2CCCCC2)cc1)C(=O)NCCN1CCOCC1.